The van der Waals surface area contributed by atoms with Crippen LogP contribution in [0, 0.1) is 5.92 Å². The second kappa shape index (κ2) is 8.90. The molecular weight excluding hydrogens is 362 g/mol. The van der Waals surface area contributed by atoms with E-state index in [4.69, 9.17) is 16.3 Å². The standard InChI is InChI=1S/C18H26ClNO4S/c1-13(18(21)20-11-14-6-4-3-5-7-14)25(22,23)12-15-10-16(19)8-9-17(15)24-2/h8-10,13-14H,3-7,11-12H2,1-2H3,(H,20,21)/t13-/m0/s1. The van der Waals surface area contributed by atoms with Gasteiger partial charge in [-0.2, -0.15) is 0 Å². The van der Waals surface area contributed by atoms with Crippen LogP contribution in [-0.4, -0.2) is 33.2 Å². The Labute approximate surface area is 155 Å². The molecule has 0 heterocycles. The number of carbonyl (C=O) groups excluding carboxylic acids is 1. The summed E-state index contributed by atoms with van der Waals surface area (Å²) in [5.41, 5.74) is 0.460. The summed E-state index contributed by atoms with van der Waals surface area (Å²) in [5, 5.41) is 2.13. The Bertz CT molecular complexity index is 699. The minimum absolute atomic E-state index is 0.283. The Kier molecular flexibility index (Phi) is 7.14. The number of sulfone groups is 1. The van der Waals surface area contributed by atoms with Crippen LogP contribution in [0.1, 0.15) is 44.6 Å². The van der Waals surface area contributed by atoms with E-state index in [9.17, 15) is 13.2 Å². The average Bonchev–Trinajstić information content (AvgIpc) is 2.59. The number of carbonyl (C=O) groups is 1. The Hall–Kier alpha value is -1.27. The number of methoxy groups -OCH3 is 1. The molecule has 1 aliphatic carbocycles. The van der Waals surface area contributed by atoms with Crippen LogP contribution in [0.25, 0.3) is 0 Å². The topological polar surface area (TPSA) is 72.5 Å². The molecule has 1 N–H and O–H groups in total. The normalized spacial score (nSPS) is 17.1. The lowest BCUT2D eigenvalue weighted by Crippen LogP contribution is -2.40. The summed E-state index contributed by atoms with van der Waals surface area (Å²) in [5.74, 6) is 0.185. The first kappa shape index (κ1) is 20.0. The van der Waals surface area contributed by atoms with Gasteiger partial charge in [-0.25, -0.2) is 8.42 Å². The predicted octanol–water partition coefficient (Wildman–Crippen LogP) is 3.35. The molecule has 7 heteroatoms. The van der Waals surface area contributed by atoms with E-state index in [-0.39, 0.29) is 5.75 Å². The second-order valence-corrected chi connectivity index (χ2v) is 9.41. The summed E-state index contributed by atoms with van der Waals surface area (Å²) in [6, 6.07) is 4.82. The lowest BCUT2D eigenvalue weighted by Gasteiger charge is -2.22. The fourth-order valence-electron chi connectivity index (χ4n) is 3.14. The first-order valence-corrected chi connectivity index (χ1v) is 10.7. The van der Waals surface area contributed by atoms with Gasteiger partial charge in [0.25, 0.3) is 0 Å². The monoisotopic (exact) mass is 387 g/mol. The van der Waals surface area contributed by atoms with E-state index >= 15 is 0 Å². The zero-order chi connectivity index (χ0) is 18.4. The van der Waals surface area contributed by atoms with Crippen molar-refractivity contribution in [3.05, 3.63) is 28.8 Å². The van der Waals surface area contributed by atoms with E-state index in [1.54, 1.807) is 18.2 Å². The molecule has 2 rings (SSSR count). The van der Waals surface area contributed by atoms with Gasteiger partial charge in [0.2, 0.25) is 5.91 Å². The van der Waals surface area contributed by atoms with Crippen molar-refractivity contribution in [1.82, 2.24) is 5.32 Å². The summed E-state index contributed by atoms with van der Waals surface area (Å²) in [6.07, 6.45) is 5.81. The van der Waals surface area contributed by atoms with Crippen molar-refractivity contribution in [2.75, 3.05) is 13.7 Å². The van der Waals surface area contributed by atoms with Crippen LogP contribution in [0.5, 0.6) is 5.75 Å². The third-order valence-corrected chi connectivity index (χ3v) is 7.04. The number of hydrogen-bond donors (Lipinski definition) is 1. The lowest BCUT2D eigenvalue weighted by molar-refractivity contribution is -0.120. The molecule has 0 bridgehead atoms. The number of benzene rings is 1. The Morgan fingerprint density at radius 3 is 2.64 bits per heavy atom. The van der Waals surface area contributed by atoms with E-state index in [0.717, 1.165) is 12.8 Å². The highest BCUT2D eigenvalue weighted by atomic mass is 35.5. The molecule has 1 saturated carbocycles. The minimum Gasteiger partial charge on any atom is -0.496 e. The molecule has 0 radical (unpaired) electrons. The zero-order valence-electron chi connectivity index (χ0n) is 14.8. The summed E-state index contributed by atoms with van der Waals surface area (Å²) < 4.78 is 30.4. The summed E-state index contributed by atoms with van der Waals surface area (Å²) >= 11 is 5.95. The molecule has 1 amide bonds. The molecular formula is C18H26ClNO4S. The fourth-order valence-corrected chi connectivity index (χ4v) is 4.66. The Balaban J connectivity index is 2.00. The van der Waals surface area contributed by atoms with Crippen molar-refractivity contribution in [2.24, 2.45) is 5.92 Å². The number of amides is 1. The molecule has 1 atom stereocenters. The summed E-state index contributed by atoms with van der Waals surface area (Å²) in [7, 11) is -2.19. The van der Waals surface area contributed by atoms with Crippen LogP contribution in [0.15, 0.2) is 18.2 Å². The van der Waals surface area contributed by atoms with Crippen molar-refractivity contribution in [1.29, 1.82) is 0 Å². The molecule has 140 valence electrons. The predicted molar refractivity (Wildman–Crippen MR) is 99.7 cm³/mol. The third kappa shape index (κ3) is 5.61. The van der Waals surface area contributed by atoms with Gasteiger partial charge in [-0.15, -0.1) is 0 Å². The van der Waals surface area contributed by atoms with Gasteiger partial charge in [0.1, 0.15) is 11.0 Å². The zero-order valence-corrected chi connectivity index (χ0v) is 16.3. The summed E-state index contributed by atoms with van der Waals surface area (Å²) in [6.45, 7) is 1.99. The van der Waals surface area contributed by atoms with E-state index in [2.05, 4.69) is 5.32 Å². The van der Waals surface area contributed by atoms with Crippen molar-refractivity contribution in [2.45, 2.75) is 50.0 Å². The van der Waals surface area contributed by atoms with E-state index in [1.165, 1.54) is 33.3 Å². The molecule has 25 heavy (non-hydrogen) atoms. The van der Waals surface area contributed by atoms with E-state index in [0.29, 0.717) is 28.8 Å². The van der Waals surface area contributed by atoms with Crippen LogP contribution in [0.2, 0.25) is 5.02 Å². The number of halogens is 1. The number of hydrogen-bond acceptors (Lipinski definition) is 4. The molecule has 1 aromatic carbocycles. The van der Waals surface area contributed by atoms with Crippen molar-refractivity contribution in [3.63, 3.8) is 0 Å². The average molecular weight is 388 g/mol. The van der Waals surface area contributed by atoms with Crippen LogP contribution < -0.4 is 10.1 Å². The SMILES string of the molecule is COc1ccc(Cl)cc1CS(=O)(=O)[C@@H](C)C(=O)NCC1CCCCC1. The molecule has 1 aromatic rings. The highest BCUT2D eigenvalue weighted by Gasteiger charge is 2.29. The smallest absolute Gasteiger partial charge is 0.238 e. The van der Waals surface area contributed by atoms with Gasteiger partial charge in [0.15, 0.2) is 9.84 Å². The fraction of sp³-hybridized carbons (Fsp3) is 0.611. The first-order valence-electron chi connectivity index (χ1n) is 8.65. The van der Waals surface area contributed by atoms with Gasteiger partial charge in [-0.1, -0.05) is 30.9 Å². The molecule has 0 aliphatic heterocycles. The molecule has 1 aliphatic rings. The quantitative estimate of drug-likeness (QED) is 0.778. The summed E-state index contributed by atoms with van der Waals surface area (Å²) in [4.78, 5) is 12.3. The minimum atomic E-state index is -3.67. The lowest BCUT2D eigenvalue weighted by atomic mass is 9.89. The maximum absolute atomic E-state index is 12.6. The van der Waals surface area contributed by atoms with Crippen LogP contribution in [0.3, 0.4) is 0 Å². The molecule has 0 aromatic heterocycles. The maximum atomic E-state index is 12.6. The molecule has 0 saturated heterocycles. The Morgan fingerprint density at radius 1 is 1.32 bits per heavy atom. The molecule has 1 fully saturated rings. The number of nitrogens with one attached hydrogen (secondary N) is 1. The van der Waals surface area contributed by atoms with E-state index in [1.807, 2.05) is 0 Å². The second-order valence-electron chi connectivity index (χ2n) is 6.65. The molecule has 0 spiro atoms. The number of rotatable bonds is 7. The van der Waals surface area contributed by atoms with Gasteiger partial charge < -0.3 is 10.1 Å². The molecule has 5 nitrogen and oxygen atoms in total. The van der Waals surface area contributed by atoms with Crippen LogP contribution in [0.4, 0.5) is 0 Å². The highest BCUT2D eigenvalue weighted by Crippen LogP contribution is 2.26. The van der Waals surface area contributed by atoms with Gasteiger partial charge in [0, 0.05) is 17.1 Å². The van der Waals surface area contributed by atoms with Crippen molar-refractivity contribution < 1.29 is 17.9 Å². The van der Waals surface area contributed by atoms with Gasteiger partial charge in [0.05, 0.1) is 12.9 Å². The van der Waals surface area contributed by atoms with Crippen molar-refractivity contribution >= 4 is 27.3 Å². The number of ether oxygens (including phenoxy) is 1. The van der Waals surface area contributed by atoms with Gasteiger partial charge in [-0.05, 0) is 43.9 Å². The Morgan fingerprint density at radius 2 is 2.00 bits per heavy atom. The molecule has 0 unspecified atom stereocenters. The van der Waals surface area contributed by atoms with Crippen LogP contribution in [-0.2, 0) is 20.4 Å². The van der Waals surface area contributed by atoms with Crippen molar-refractivity contribution in [3.8, 4) is 5.75 Å². The van der Waals surface area contributed by atoms with E-state index < -0.39 is 21.0 Å². The van der Waals surface area contributed by atoms with Gasteiger partial charge >= 0.3 is 0 Å². The third-order valence-electron chi connectivity index (χ3n) is 4.80. The first-order chi connectivity index (χ1) is 11.8. The largest absolute Gasteiger partial charge is 0.496 e. The van der Waals surface area contributed by atoms with Crippen LogP contribution >= 0.6 is 11.6 Å². The maximum Gasteiger partial charge on any atom is 0.238 e. The van der Waals surface area contributed by atoms with Gasteiger partial charge in [-0.3, -0.25) is 4.79 Å². The highest BCUT2D eigenvalue weighted by molar-refractivity contribution is 7.92.